The normalized spacial score (nSPS) is 15.0. The zero-order valence-corrected chi connectivity index (χ0v) is 14.4. The van der Waals surface area contributed by atoms with E-state index in [4.69, 9.17) is 4.74 Å². The first-order chi connectivity index (χ1) is 11.7. The molecule has 0 unspecified atom stereocenters. The number of rotatable bonds is 7. The molecule has 1 aliphatic rings. The van der Waals surface area contributed by atoms with E-state index in [0.29, 0.717) is 19.6 Å². The molecule has 0 spiro atoms. The first-order valence-corrected chi connectivity index (χ1v) is 8.62. The molecule has 0 aliphatic carbocycles. The molecule has 0 aromatic heterocycles. The van der Waals surface area contributed by atoms with E-state index >= 15 is 0 Å². The second-order valence-electron chi connectivity index (χ2n) is 5.87. The van der Waals surface area contributed by atoms with Crippen LogP contribution in [0, 0.1) is 0 Å². The number of carbonyl (C=O) groups is 2. The molecule has 1 saturated heterocycles. The van der Waals surface area contributed by atoms with Gasteiger partial charge < -0.3 is 15.0 Å². The summed E-state index contributed by atoms with van der Waals surface area (Å²) in [6, 6.07) is 9.70. The van der Waals surface area contributed by atoms with Crippen LogP contribution in [0.4, 0.5) is 0 Å². The molecule has 1 heterocycles. The quantitative estimate of drug-likeness (QED) is 0.594. The molecule has 1 aromatic rings. The van der Waals surface area contributed by atoms with Crippen LogP contribution >= 0.6 is 0 Å². The molecule has 132 valence electrons. The van der Waals surface area contributed by atoms with Gasteiger partial charge in [-0.1, -0.05) is 30.3 Å². The Morgan fingerprint density at radius 3 is 2.58 bits per heavy atom. The maximum Gasteiger partial charge on any atom is 0.312 e. The third-order valence-electron chi connectivity index (χ3n) is 4.12. The summed E-state index contributed by atoms with van der Waals surface area (Å²) in [5.74, 6) is -0.984. The Kier molecular flexibility index (Phi) is 7.71. The van der Waals surface area contributed by atoms with E-state index in [1.807, 2.05) is 37.3 Å². The second-order valence-corrected chi connectivity index (χ2v) is 5.87. The fraction of sp³-hybridized carbons (Fsp3) is 0.556. The molecule has 0 radical (unpaired) electrons. The molecule has 6 nitrogen and oxygen atoms in total. The minimum absolute atomic E-state index is 0.456. The summed E-state index contributed by atoms with van der Waals surface area (Å²) in [5, 5.41) is 2.73. The number of hydrogen-bond acceptors (Lipinski definition) is 4. The summed E-state index contributed by atoms with van der Waals surface area (Å²) >= 11 is 0. The molecule has 1 aromatic carbocycles. The number of ether oxygens (including phenoxy) is 1. The third kappa shape index (κ3) is 5.94. The van der Waals surface area contributed by atoms with Crippen molar-refractivity contribution < 1.29 is 14.3 Å². The van der Waals surface area contributed by atoms with E-state index in [9.17, 15) is 9.59 Å². The van der Waals surface area contributed by atoms with Gasteiger partial charge in [-0.05, 0) is 25.5 Å². The minimum atomic E-state index is -0.519. The minimum Gasteiger partial charge on any atom is -0.379 e. The molecule has 0 bridgehead atoms. The highest BCUT2D eigenvalue weighted by Gasteiger charge is 2.20. The van der Waals surface area contributed by atoms with Crippen LogP contribution in [0.25, 0.3) is 0 Å². The SMILES string of the molecule is CCN(Cc1ccccc1)C(=O)C(=O)NCCCN1CCOCC1. The summed E-state index contributed by atoms with van der Waals surface area (Å²) in [7, 11) is 0. The van der Waals surface area contributed by atoms with Crippen LogP contribution in [0.15, 0.2) is 30.3 Å². The maximum atomic E-state index is 12.3. The number of carbonyl (C=O) groups excluding carboxylic acids is 2. The van der Waals surface area contributed by atoms with Crippen molar-refractivity contribution in [1.82, 2.24) is 15.1 Å². The summed E-state index contributed by atoms with van der Waals surface area (Å²) in [4.78, 5) is 28.2. The van der Waals surface area contributed by atoms with Crippen molar-refractivity contribution in [1.29, 1.82) is 0 Å². The lowest BCUT2D eigenvalue weighted by Gasteiger charge is -2.26. The fourth-order valence-electron chi connectivity index (χ4n) is 2.68. The molecule has 1 aliphatic heterocycles. The van der Waals surface area contributed by atoms with Gasteiger partial charge in [0.05, 0.1) is 13.2 Å². The number of likely N-dealkylation sites (N-methyl/N-ethyl adjacent to an activating group) is 1. The van der Waals surface area contributed by atoms with Crippen LogP contribution in [0.3, 0.4) is 0 Å². The van der Waals surface area contributed by atoms with E-state index in [1.165, 1.54) is 0 Å². The molecular formula is C18H27N3O3. The van der Waals surface area contributed by atoms with Crippen molar-refractivity contribution in [3.63, 3.8) is 0 Å². The number of nitrogens with zero attached hydrogens (tertiary/aromatic N) is 2. The Morgan fingerprint density at radius 1 is 1.21 bits per heavy atom. The van der Waals surface area contributed by atoms with E-state index in [2.05, 4.69) is 10.2 Å². The molecule has 6 heteroatoms. The zero-order chi connectivity index (χ0) is 17.2. The lowest BCUT2D eigenvalue weighted by Crippen LogP contribution is -2.43. The summed E-state index contributed by atoms with van der Waals surface area (Å²) in [6.45, 7) is 7.70. The second kappa shape index (κ2) is 10.1. The van der Waals surface area contributed by atoms with Gasteiger partial charge in [0.1, 0.15) is 0 Å². The summed E-state index contributed by atoms with van der Waals surface area (Å²) < 4.78 is 5.30. The van der Waals surface area contributed by atoms with Crippen LogP contribution < -0.4 is 5.32 Å². The summed E-state index contributed by atoms with van der Waals surface area (Å²) in [6.07, 6.45) is 0.837. The molecule has 2 rings (SSSR count). The van der Waals surface area contributed by atoms with Gasteiger partial charge in [-0.3, -0.25) is 14.5 Å². The highest BCUT2D eigenvalue weighted by Crippen LogP contribution is 2.04. The lowest BCUT2D eigenvalue weighted by atomic mass is 10.2. The molecule has 2 amide bonds. The maximum absolute atomic E-state index is 12.3. The molecule has 0 atom stereocenters. The molecular weight excluding hydrogens is 306 g/mol. The largest absolute Gasteiger partial charge is 0.379 e. The van der Waals surface area contributed by atoms with E-state index < -0.39 is 11.8 Å². The molecule has 1 fully saturated rings. The van der Waals surface area contributed by atoms with Crippen LogP contribution in [-0.2, 0) is 20.9 Å². The third-order valence-corrected chi connectivity index (χ3v) is 4.12. The molecule has 1 N–H and O–H groups in total. The van der Waals surface area contributed by atoms with Gasteiger partial charge in [-0.2, -0.15) is 0 Å². The predicted molar refractivity (Wildman–Crippen MR) is 92.4 cm³/mol. The van der Waals surface area contributed by atoms with Gasteiger partial charge in [0.2, 0.25) is 0 Å². The van der Waals surface area contributed by atoms with E-state index in [1.54, 1.807) is 4.90 Å². The number of morpholine rings is 1. The first kappa shape index (κ1) is 18.4. The smallest absolute Gasteiger partial charge is 0.312 e. The van der Waals surface area contributed by atoms with Crippen molar-refractivity contribution >= 4 is 11.8 Å². The van der Waals surface area contributed by atoms with Gasteiger partial charge in [-0.25, -0.2) is 0 Å². The van der Waals surface area contributed by atoms with Gasteiger partial charge >= 0.3 is 11.8 Å². The average Bonchev–Trinajstić information content (AvgIpc) is 2.64. The first-order valence-electron chi connectivity index (χ1n) is 8.62. The van der Waals surface area contributed by atoms with Crippen molar-refractivity contribution in [3.05, 3.63) is 35.9 Å². The average molecular weight is 333 g/mol. The van der Waals surface area contributed by atoms with E-state index in [0.717, 1.165) is 44.8 Å². The predicted octanol–water partition coefficient (Wildman–Crippen LogP) is 0.874. The molecule has 24 heavy (non-hydrogen) atoms. The fourth-order valence-corrected chi connectivity index (χ4v) is 2.68. The Balaban J connectivity index is 1.70. The van der Waals surface area contributed by atoms with Gasteiger partial charge in [-0.15, -0.1) is 0 Å². The summed E-state index contributed by atoms with van der Waals surface area (Å²) in [5.41, 5.74) is 1.02. The zero-order valence-electron chi connectivity index (χ0n) is 14.4. The molecule has 0 saturated carbocycles. The van der Waals surface area contributed by atoms with Crippen LogP contribution in [0.5, 0.6) is 0 Å². The Labute approximate surface area is 143 Å². The Morgan fingerprint density at radius 2 is 1.92 bits per heavy atom. The topological polar surface area (TPSA) is 61.9 Å². The monoisotopic (exact) mass is 333 g/mol. The highest BCUT2D eigenvalue weighted by atomic mass is 16.5. The van der Waals surface area contributed by atoms with Crippen LogP contribution in [0.2, 0.25) is 0 Å². The van der Waals surface area contributed by atoms with Crippen LogP contribution in [0.1, 0.15) is 18.9 Å². The lowest BCUT2D eigenvalue weighted by molar-refractivity contribution is -0.146. The number of benzene rings is 1. The standard InChI is InChI=1S/C18H27N3O3/c1-2-21(15-16-7-4-3-5-8-16)18(23)17(22)19-9-6-10-20-11-13-24-14-12-20/h3-5,7-8H,2,6,9-15H2,1H3,(H,19,22). The van der Waals surface area contributed by atoms with Crippen molar-refractivity contribution in [2.45, 2.75) is 19.9 Å². The number of amides is 2. The van der Waals surface area contributed by atoms with Crippen LogP contribution in [-0.4, -0.2) is 67.6 Å². The van der Waals surface area contributed by atoms with Crippen molar-refractivity contribution in [2.75, 3.05) is 45.9 Å². The highest BCUT2D eigenvalue weighted by molar-refractivity contribution is 6.34. The van der Waals surface area contributed by atoms with Crippen molar-refractivity contribution in [3.8, 4) is 0 Å². The van der Waals surface area contributed by atoms with Gasteiger partial charge in [0, 0.05) is 32.7 Å². The number of hydrogen-bond donors (Lipinski definition) is 1. The number of nitrogens with one attached hydrogen (secondary N) is 1. The van der Waals surface area contributed by atoms with Gasteiger partial charge in [0.25, 0.3) is 0 Å². The Bertz CT molecular complexity index is 516. The van der Waals surface area contributed by atoms with Gasteiger partial charge in [0.15, 0.2) is 0 Å². The van der Waals surface area contributed by atoms with E-state index in [-0.39, 0.29) is 0 Å². The Hall–Kier alpha value is -1.92. The van der Waals surface area contributed by atoms with Crippen molar-refractivity contribution in [2.24, 2.45) is 0 Å².